The van der Waals surface area contributed by atoms with Crippen molar-refractivity contribution in [3.63, 3.8) is 0 Å². The van der Waals surface area contributed by atoms with E-state index in [1.54, 1.807) is 23.1 Å². The number of nitrogens with one attached hydrogen (secondary N) is 2. The lowest BCUT2D eigenvalue weighted by Crippen LogP contribution is -2.56. The normalized spacial score (nSPS) is 18.0. The zero-order chi connectivity index (χ0) is 30.2. The Bertz CT molecular complexity index is 1300. The third-order valence-corrected chi connectivity index (χ3v) is 8.43. The second-order valence-corrected chi connectivity index (χ2v) is 11.5. The molecule has 11 heteroatoms. The summed E-state index contributed by atoms with van der Waals surface area (Å²) in [6.07, 6.45) is 1.54. The maximum absolute atomic E-state index is 13.7. The Hall–Kier alpha value is -3.47. The highest BCUT2D eigenvalue weighted by Crippen LogP contribution is 2.25. The summed E-state index contributed by atoms with van der Waals surface area (Å²) in [5, 5.41) is 6.26. The number of likely N-dealkylation sites (N-methyl/N-ethyl adjacent to an activating group) is 1. The standard InChI is InChI=1S/C31H41ClN6O4/c1-21-18-24(8-9-25(21)32)34-30(41)26(12-13-33)35-31(42)27-19-22-6-3-4-7-23(22)20-38(27)29(40)11-10-28(39)37-15-5-14-36(2)16-17-37/h3-4,6-9,18,26-27H,5,10-17,19-20,33H2,1-2H3,(H,34,41)(H,35,42)/t26-,27-/m0/s1. The van der Waals surface area contributed by atoms with Crippen LogP contribution in [0.1, 0.15) is 42.4 Å². The van der Waals surface area contributed by atoms with Crippen molar-refractivity contribution in [3.8, 4) is 0 Å². The van der Waals surface area contributed by atoms with Gasteiger partial charge in [-0.25, -0.2) is 0 Å². The molecule has 0 saturated carbocycles. The Labute approximate surface area is 252 Å². The van der Waals surface area contributed by atoms with Crippen LogP contribution in [0.25, 0.3) is 0 Å². The summed E-state index contributed by atoms with van der Waals surface area (Å²) >= 11 is 6.11. The number of hydrogen-bond acceptors (Lipinski definition) is 6. The Balaban J connectivity index is 1.45. The minimum Gasteiger partial charge on any atom is -0.342 e. The van der Waals surface area contributed by atoms with Crippen molar-refractivity contribution in [3.05, 3.63) is 64.2 Å². The fourth-order valence-corrected chi connectivity index (χ4v) is 5.60. The van der Waals surface area contributed by atoms with Gasteiger partial charge in [-0.05, 0) is 74.8 Å². The molecular weight excluding hydrogens is 556 g/mol. The summed E-state index contributed by atoms with van der Waals surface area (Å²) < 4.78 is 0. The molecule has 2 aromatic carbocycles. The van der Waals surface area contributed by atoms with Crippen LogP contribution in [0.4, 0.5) is 5.69 Å². The summed E-state index contributed by atoms with van der Waals surface area (Å²) in [5.74, 6) is -1.14. The average Bonchev–Trinajstić information content (AvgIpc) is 3.21. The van der Waals surface area contributed by atoms with Crippen molar-refractivity contribution in [2.75, 3.05) is 45.1 Å². The van der Waals surface area contributed by atoms with Crippen molar-refractivity contribution >= 4 is 40.9 Å². The van der Waals surface area contributed by atoms with Crippen molar-refractivity contribution in [1.82, 2.24) is 20.0 Å². The van der Waals surface area contributed by atoms with E-state index >= 15 is 0 Å². The second-order valence-electron chi connectivity index (χ2n) is 11.1. The van der Waals surface area contributed by atoms with Gasteiger partial charge in [-0.1, -0.05) is 35.9 Å². The van der Waals surface area contributed by atoms with Gasteiger partial charge in [0.05, 0.1) is 0 Å². The van der Waals surface area contributed by atoms with Crippen LogP contribution in [-0.4, -0.2) is 90.2 Å². The lowest BCUT2D eigenvalue weighted by molar-refractivity contribution is -0.144. The van der Waals surface area contributed by atoms with Gasteiger partial charge in [0, 0.05) is 56.2 Å². The lowest BCUT2D eigenvalue weighted by atomic mass is 9.92. The van der Waals surface area contributed by atoms with Crippen LogP contribution in [0.2, 0.25) is 5.02 Å². The molecule has 2 aliphatic heterocycles. The van der Waals surface area contributed by atoms with Crippen LogP contribution in [-0.2, 0) is 32.1 Å². The molecule has 0 aliphatic carbocycles. The first-order valence-electron chi connectivity index (χ1n) is 14.6. The first-order valence-corrected chi connectivity index (χ1v) is 14.9. The predicted molar refractivity (Wildman–Crippen MR) is 163 cm³/mol. The van der Waals surface area contributed by atoms with Gasteiger partial charge in [-0.15, -0.1) is 0 Å². The van der Waals surface area contributed by atoms with Crippen molar-refractivity contribution in [2.24, 2.45) is 5.73 Å². The van der Waals surface area contributed by atoms with Gasteiger partial charge in [0.1, 0.15) is 12.1 Å². The van der Waals surface area contributed by atoms with Crippen LogP contribution in [0.15, 0.2) is 42.5 Å². The van der Waals surface area contributed by atoms with E-state index in [1.807, 2.05) is 43.1 Å². The topological polar surface area (TPSA) is 128 Å². The highest BCUT2D eigenvalue weighted by atomic mass is 35.5. The molecule has 1 saturated heterocycles. The lowest BCUT2D eigenvalue weighted by Gasteiger charge is -2.37. The predicted octanol–water partition coefficient (Wildman–Crippen LogP) is 2.32. The van der Waals surface area contributed by atoms with Gasteiger partial charge in [-0.2, -0.15) is 0 Å². The molecule has 0 unspecified atom stereocenters. The van der Waals surface area contributed by atoms with Gasteiger partial charge < -0.3 is 31.1 Å². The zero-order valence-corrected chi connectivity index (χ0v) is 25.2. The number of aryl methyl sites for hydroxylation is 1. The molecule has 4 rings (SSSR count). The number of amides is 4. The number of halogens is 1. The van der Waals surface area contributed by atoms with E-state index in [0.717, 1.165) is 36.2 Å². The van der Waals surface area contributed by atoms with Crippen LogP contribution < -0.4 is 16.4 Å². The average molecular weight is 597 g/mol. The largest absolute Gasteiger partial charge is 0.342 e. The summed E-state index contributed by atoms with van der Waals surface area (Å²) in [5.41, 5.74) is 9.10. The summed E-state index contributed by atoms with van der Waals surface area (Å²) in [6.45, 7) is 5.35. The summed E-state index contributed by atoms with van der Waals surface area (Å²) in [7, 11) is 2.04. The highest BCUT2D eigenvalue weighted by Gasteiger charge is 2.36. The Morgan fingerprint density at radius 1 is 1.00 bits per heavy atom. The number of carbonyl (C=O) groups is 4. The summed E-state index contributed by atoms with van der Waals surface area (Å²) in [4.78, 5) is 58.9. The first-order chi connectivity index (χ1) is 20.2. The molecule has 2 heterocycles. The fourth-order valence-electron chi connectivity index (χ4n) is 5.49. The molecule has 42 heavy (non-hydrogen) atoms. The minimum atomic E-state index is -0.893. The number of benzene rings is 2. The van der Waals surface area contributed by atoms with E-state index in [9.17, 15) is 19.2 Å². The molecule has 1 fully saturated rings. The number of rotatable bonds is 9. The SMILES string of the molecule is Cc1cc(NC(=O)[C@H](CCN)NC(=O)[C@@H]2Cc3ccccc3CN2C(=O)CCC(=O)N2CCCN(C)CC2)ccc1Cl. The van der Waals surface area contributed by atoms with E-state index in [4.69, 9.17) is 17.3 Å². The van der Waals surface area contributed by atoms with Gasteiger partial charge in [0.15, 0.2) is 0 Å². The number of fused-ring (bicyclic) bond motifs is 1. The molecule has 0 radical (unpaired) electrons. The van der Waals surface area contributed by atoms with E-state index < -0.39 is 23.9 Å². The molecule has 2 aromatic rings. The molecule has 0 bridgehead atoms. The highest BCUT2D eigenvalue weighted by molar-refractivity contribution is 6.31. The van der Waals surface area contributed by atoms with Gasteiger partial charge >= 0.3 is 0 Å². The van der Waals surface area contributed by atoms with Crippen LogP contribution in [0.5, 0.6) is 0 Å². The smallest absolute Gasteiger partial charge is 0.246 e. The number of nitrogens with two attached hydrogens (primary N) is 1. The van der Waals surface area contributed by atoms with Gasteiger partial charge in [0.2, 0.25) is 23.6 Å². The number of anilines is 1. The monoisotopic (exact) mass is 596 g/mol. The molecule has 2 aliphatic rings. The Morgan fingerprint density at radius 3 is 2.48 bits per heavy atom. The molecule has 0 spiro atoms. The van der Waals surface area contributed by atoms with Crippen molar-refractivity contribution in [1.29, 1.82) is 0 Å². The second kappa shape index (κ2) is 14.6. The van der Waals surface area contributed by atoms with Crippen LogP contribution in [0, 0.1) is 6.92 Å². The Morgan fingerprint density at radius 2 is 1.74 bits per heavy atom. The molecule has 0 aromatic heterocycles. The molecule has 2 atom stereocenters. The van der Waals surface area contributed by atoms with E-state index in [-0.39, 0.29) is 44.2 Å². The quantitative estimate of drug-likeness (QED) is 0.408. The van der Waals surface area contributed by atoms with Crippen molar-refractivity contribution < 1.29 is 19.2 Å². The first kappa shape index (κ1) is 31.5. The van der Waals surface area contributed by atoms with E-state index in [0.29, 0.717) is 30.2 Å². The molecule has 10 nitrogen and oxygen atoms in total. The number of nitrogens with zero attached hydrogens (tertiary/aromatic N) is 3. The fraction of sp³-hybridized carbons (Fsp3) is 0.484. The van der Waals surface area contributed by atoms with Gasteiger partial charge in [-0.3, -0.25) is 19.2 Å². The Kier molecular flexibility index (Phi) is 11.0. The van der Waals surface area contributed by atoms with Gasteiger partial charge in [0.25, 0.3) is 0 Å². The van der Waals surface area contributed by atoms with E-state index in [2.05, 4.69) is 15.5 Å². The van der Waals surface area contributed by atoms with Crippen LogP contribution in [0.3, 0.4) is 0 Å². The third-order valence-electron chi connectivity index (χ3n) is 8.01. The summed E-state index contributed by atoms with van der Waals surface area (Å²) in [6, 6.07) is 11.1. The molecule has 4 N–H and O–H groups in total. The number of carbonyl (C=O) groups excluding carboxylic acids is 4. The maximum Gasteiger partial charge on any atom is 0.246 e. The van der Waals surface area contributed by atoms with E-state index in [1.165, 1.54) is 0 Å². The van der Waals surface area contributed by atoms with Crippen molar-refractivity contribution in [2.45, 2.75) is 57.7 Å². The minimum absolute atomic E-state index is 0.0136. The zero-order valence-electron chi connectivity index (χ0n) is 24.4. The molecule has 226 valence electrons. The maximum atomic E-state index is 13.7. The molecular formula is C31H41ClN6O4. The molecule has 4 amide bonds. The number of hydrogen-bond donors (Lipinski definition) is 3. The third kappa shape index (κ3) is 8.08. The van der Waals surface area contributed by atoms with Crippen LogP contribution >= 0.6 is 11.6 Å².